The summed E-state index contributed by atoms with van der Waals surface area (Å²) in [5, 5.41) is 1.33. The minimum absolute atomic E-state index is 0.303. The first-order valence-corrected chi connectivity index (χ1v) is 13.4. The monoisotopic (exact) mass is 530 g/mol. The fourth-order valence-corrected chi connectivity index (χ4v) is 6.24. The van der Waals surface area contributed by atoms with Crippen molar-refractivity contribution < 1.29 is 13.9 Å². The van der Waals surface area contributed by atoms with Gasteiger partial charge in [-0.1, -0.05) is 23.7 Å². The van der Waals surface area contributed by atoms with E-state index in [9.17, 15) is 14.0 Å². The quantitative estimate of drug-likeness (QED) is 0.441. The smallest absolute Gasteiger partial charge is 0.410 e. The minimum atomic E-state index is -0.560. The average molecular weight is 531 g/mol. The molecule has 0 radical (unpaired) electrons. The number of benzene rings is 2. The van der Waals surface area contributed by atoms with Crippen LogP contribution in [0.4, 0.5) is 15.0 Å². The van der Waals surface area contributed by atoms with Crippen LogP contribution in [-0.2, 0) is 11.3 Å². The Hall–Kier alpha value is -2.78. The minimum Gasteiger partial charge on any atom is -0.444 e. The van der Waals surface area contributed by atoms with Crippen LogP contribution in [-0.4, -0.2) is 58.1 Å². The van der Waals surface area contributed by atoms with Gasteiger partial charge in [-0.25, -0.2) is 14.0 Å². The molecule has 0 bridgehead atoms. The molecule has 190 valence electrons. The Bertz CT molecular complexity index is 1380. The van der Waals surface area contributed by atoms with Crippen LogP contribution >= 0.6 is 23.4 Å². The fraction of sp³-hybridized carbons (Fsp3) is 0.423. The predicted molar refractivity (Wildman–Crippen MR) is 142 cm³/mol. The van der Waals surface area contributed by atoms with Gasteiger partial charge in [0.25, 0.3) is 0 Å². The van der Waals surface area contributed by atoms with Gasteiger partial charge in [-0.2, -0.15) is 4.98 Å². The summed E-state index contributed by atoms with van der Waals surface area (Å²) in [6.45, 7) is 8.07. The van der Waals surface area contributed by atoms with E-state index in [1.165, 1.54) is 12.1 Å². The van der Waals surface area contributed by atoms with Gasteiger partial charge in [0.2, 0.25) is 0 Å². The number of nitrogens with zero attached hydrogens (tertiary/aromatic N) is 4. The molecule has 7 nitrogen and oxygen atoms in total. The van der Waals surface area contributed by atoms with Crippen molar-refractivity contribution in [3.8, 4) is 11.1 Å². The Morgan fingerprint density at radius 2 is 1.81 bits per heavy atom. The van der Waals surface area contributed by atoms with Crippen LogP contribution in [0.5, 0.6) is 0 Å². The molecule has 1 amide bonds. The zero-order chi connectivity index (χ0) is 25.6. The molecule has 1 fully saturated rings. The number of halogens is 2. The number of hydrogen-bond donors (Lipinski definition) is 0. The highest BCUT2D eigenvalue weighted by Crippen LogP contribution is 2.45. The Balaban J connectivity index is 1.57. The Morgan fingerprint density at radius 1 is 1.11 bits per heavy atom. The van der Waals surface area contributed by atoms with Gasteiger partial charge in [-0.15, -0.1) is 11.8 Å². The summed E-state index contributed by atoms with van der Waals surface area (Å²) in [7, 11) is 0. The third kappa shape index (κ3) is 4.78. The summed E-state index contributed by atoms with van der Waals surface area (Å²) in [6, 6.07) is 8.12. The molecule has 0 spiro atoms. The van der Waals surface area contributed by atoms with Gasteiger partial charge in [0.05, 0.1) is 10.5 Å². The Labute approximate surface area is 218 Å². The van der Waals surface area contributed by atoms with Gasteiger partial charge in [0, 0.05) is 48.6 Å². The molecule has 2 aliphatic rings. The number of amides is 1. The summed E-state index contributed by atoms with van der Waals surface area (Å²) in [5.41, 5.74) is 1.55. The topological polar surface area (TPSA) is 67.7 Å². The first kappa shape index (κ1) is 24.9. The zero-order valence-electron chi connectivity index (χ0n) is 20.5. The number of carbonyl (C=O) groups is 1. The number of aryl methyl sites for hydroxylation is 1. The van der Waals surface area contributed by atoms with Crippen molar-refractivity contribution in [1.29, 1.82) is 0 Å². The highest BCUT2D eigenvalue weighted by Gasteiger charge is 2.29. The number of carbonyl (C=O) groups excluding carboxylic acids is 1. The van der Waals surface area contributed by atoms with E-state index in [1.807, 2.05) is 31.7 Å². The molecule has 0 N–H and O–H groups in total. The van der Waals surface area contributed by atoms with Crippen molar-refractivity contribution in [2.45, 2.75) is 44.2 Å². The van der Waals surface area contributed by atoms with E-state index in [0.29, 0.717) is 43.6 Å². The second kappa shape index (κ2) is 9.59. The third-order valence-electron chi connectivity index (χ3n) is 6.29. The molecule has 2 aromatic carbocycles. The maximum atomic E-state index is 13.6. The molecule has 3 heterocycles. The number of aromatic nitrogens is 2. The van der Waals surface area contributed by atoms with Crippen molar-refractivity contribution in [2.24, 2.45) is 0 Å². The lowest BCUT2D eigenvalue weighted by atomic mass is 10.0. The molecule has 2 aliphatic heterocycles. The van der Waals surface area contributed by atoms with Crippen LogP contribution in [0.25, 0.3) is 22.0 Å². The molecule has 1 saturated heterocycles. The number of rotatable bonds is 2. The molecule has 0 unspecified atom stereocenters. The van der Waals surface area contributed by atoms with E-state index < -0.39 is 5.60 Å². The van der Waals surface area contributed by atoms with Gasteiger partial charge in [0.1, 0.15) is 17.2 Å². The lowest BCUT2D eigenvalue weighted by Gasteiger charge is -2.36. The van der Waals surface area contributed by atoms with Gasteiger partial charge in [-0.3, -0.25) is 4.57 Å². The largest absolute Gasteiger partial charge is 0.444 e. The highest BCUT2D eigenvalue weighted by atomic mass is 35.5. The van der Waals surface area contributed by atoms with Crippen LogP contribution < -0.4 is 10.6 Å². The van der Waals surface area contributed by atoms with E-state index >= 15 is 0 Å². The molecule has 1 aromatic heterocycles. The van der Waals surface area contributed by atoms with E-state index in [4.69, 9.17) is 16.3 Å². The van der Waals surface area contributed by atoms with Crippen molar-refractivity contribution in [2.75, 3.05) is 36.8 Å². The molecule has 0 atom stereocenters. The second-order valence-electron chi connectivity index (χ2n) is 9.99. The molecular formula is C26H28ClFN4O3S. The molecule has 36 heavy (non-hydrogen) atoms. The summed E-state index contributed by atoms with van der Waals surface area (Å²) < 4.78 is 20.9. The normalized spacial score (nSPS) is 16.2. The summed E-state index contributed by atoms with van der Waals surface area (Å²) in [6.07, 6.45) is 0.483. The number of hydrogen-bond acceptors (Lipinski definition) is 6. The van der Waals surface area contributed by atoms with Crippen molar-refractivity contribution in [1.82, 2.24) is 14.5 Å². The predicted octanol–water partition coefficient (Wildman–Crippen LogP) is 5.41. The van der Waals surface area contributed by atoms with Gasteiger partial charge in [-0.05, 0) is 56.7 Å². The maximum Gasteiger partial charge on any atom is 0.410 e. The zero-order valence-corrected chi connectivity index (χ0v) is 22.1. The standard InChI is InChI=1S/C26H28ClFN4O3S/c1-26(2,3)35-25(34)31-12-10-30(11-13-31)23-18-15-19(27)20(16-5-7-17(28)8-6-16)22-21(18)32(24(33)29-23)9-4-14-36-22/h5-8,15H,4,9-14H2,1-3H3. The van der Waals surface area contributed by atoms with E-state index in [0.717, 1.165) is 39.1 Å². The van der Waals surface area contributed by atoms with Crippen LogP contribution in [0.1, 0.15) is 27.2 Å². The lowest BCUT2D eigenvalue weighted by molar-refractivity contribution is 0.0240. The number of ether oxygens (including phenoxy) is 1. The highest BCUT2D eigenvalue weighted by molar-refractivity contribution is 7.99. The summed E-state index contributed by atoms with van der Waals surface area (Å²) in [5.74, 6) is 1.09. The first-order valence-electron chi connectivity index (χ1n) is 12.0. The molecule has 0 saturated carbocycles. The van der Waals surface area contributed by atoms with Gasteiger partial charge >= 0.3 is 11.8 Å². The van der Waals surface area contributed by atoms with E-state index in [-0.39, 0.29) is 17.6 Å². The summed E-state index contributed by atoms with van der Waals surface area (Å²) in [4.78, 5) is 34.8. The Morgan fingerprint density at radius 3 is 2.47 bits per heavy atom. The number of piperazine rings is 1. The lowest BCUT2D eigenvalue weighted by Crippen LogP contribution is -2.50. The van der Waals surface area contributed by atoms with Crippen LogP contribution in [0, 0.1) is 5.82 Å². The van der Waals surface area contributed by atoms with E-state index in [2.05, 4.69) is 4.98 Å². The SMILES string of the molecule is CC(C)(C)OC(=O)N1CCN(c2nc(=O)n3c4c(c(-c5ccc(F)cc5)c(Cl)cc24)SCCC3)CC1. The average Bonchev–Trinajstić information content (AvgIpc) is 3.05. The summed E-state index contributed by atoms with van der Waals surface area (Å²) >= 11 is 8.52. The molecule has 0 aliphatic carbocycles. The van der Waals surface area contributed by atoms with Crippen LogP contribution in [0.3, 0.4) is 0 Å². The van der Waals surface area contributed by atoms with Crippen molar-refractivity contribution >= 4 is 46.2 Å². The number of thioether (sulfide) groups is 1. The van der Waals surface area contributed by atoms with Gasteiger partial charge in [0.15, 0.2) is 0 Å². The van der Waals surface area contributed by atoms with Crippen LogP contribution in [0.2, 0.25) is 5.02 Å². The van der Waals surface area contributed by atoms with Crippen LogP contribution in [0.15, 0.2) is 40.0 Å². The first-order chi connectivity index (χ1) is 17.1. The van der Waals surface area contributed by atoms with E-state index in [1.54, 1.807) is 33.4 Å². The molecule has 5 rings (SSSR count). The second-order valence-corrected chi connectivity index (χ2v) is 11.5. The number of anilines is 1. The molecular weight excluding hydrogens is 503 g/mol. The molecule has 3 aromatic rings. The van der Waals surface area contributed by atoms with Crippen molar-refractivity contribution in [3.05, 3.63) is 51.7 Å². The third-order valence-corrected chi connectivity index (χ3v) is 7.76. The maximum absolute atomic E-state index is 13.6. The fourth-order valence-electron chi connectivity index (χ4n) is 4.66. The Kier molecular flexibility index (Phi) is 6.63. The van der Waals surface area contributed by atoms with Crippen molar-refractivity contribution in [3.63, 3.8) is 0 Å². The molecule has 10 heteroatoms. The van der Waals surface area contributed by atoms with Gasteiger partial charge < -0.3 is 14.5 Å².